The third-order valence-corrected chi connectivity index (χ3v) is 4.98. The largest absolute Gasteiger partial charge is 0.456 e. The van der Waals surface area contributed by atoms with E-state index < -0.39 is 18.5 Å². The van der Waals surface area contributed by atoms with Crippen LogP contribution in [0, 0.1) is 0 Å². The molecule has 0 bridgehead atoms. The average Bonchev–Trinajstić information content (AvgIpc) is 3.23. The molecule has 0 aromatic heterocycles. The smallest absolute Gasteiger partial charge is 0.306 e. The molecule has 7 heteroatoms. The summed E-state index contributed by atoms with van der Waals surface area (Å²) >= 11 is 0. The van der Waals surface area contributed by atoms with Crippen molar-refractivity contribution in [2.45, 2.75) is 32.1 Å². The number of Topliss-reactive ketones (excluding diaryl/α,β-unsaturated/α-hetero) is 1. The lowest BCUT2D eigenvalue weighted by molar-refractivity contribution is -0.147. The molecule has 3 rings (SSSR count). The molecule has 2 amide bonds. The highest BCUT2D eigenvalue weighted by Crippen LogP contribution is 2.23. The van der Waals surface area contributed by atoms with Gasteiger partial charge in [0.25, 0.3) is 11.8 Å². The molecule has 0 saturated heterocycles. The van der Waals surface area contributed by atoms with Crippen molar-refractivity contribution in [2.75, 3.05) is 19.0 Å². The molecular formula is C23H24N2O5. The number of benzene rings is 2. The van der Waals surface area contributed by atoms with Crippen LogP contribution in [0.15, 0.2) is 42.5 Å². The fraction of sp³-hybridized carbons (Fsp3) is 0.304. The van der Waals surface area contributed by atoms with E-state index in [9.17, 15) is 19.2 Å². The summed E-state index contributed by atoms with van der Waals surface area (Å²) < 4.78 is 4.95. The molecule has 1 aliphatic rings. The number of esters is 1. The maximum absolute atomic E-state index is 12.3. The lowest BCUT2D eigenvalue weighted by atomic mass is 10.0. The van der Waals surface area contributed by atoms with Crippen molar-refractivity contribution in [3.05, 3.63) is 64.7 Å². The average molecular weight is 408 g/mol. The summed E-state index contributed by atoms with van der Waals surface area (Å²) in [4.78, 5) is 47.8. The predicted molar refractivity (Wildman–Crippen MR) is 111 cm³/mol. The summed E-state index contributed by atoms with van der Waals surface area (Å²) in [6.07, 6.45) is 3.09. The second-order valence-corrected chi connectivity index (χ2v) is 7.13. The lowest BCUT2D eigenvalue weighted by Gasteiger charge is -2.08. The second kappa shape index (κ2) is 9.82. The van der Waals surface area contributed by atoms with Gasteiger partial charge in [0.05, 0.1) is 6.42 Å². The minimum atomic E-state index is -0.612. The van der Waals surface area contributed by atoms with Crippen LogP contribution in [0.4, 0.5) is 5.69 Å². The minimum Gasteiger partial charge on any atom is -0.456 e. The fourth-order valence-corrected chi connectivity index (χ4v) is 3.40. The standard InChI is InChI=1S/C23H24N2O5/c1-24-23(29)18-6-3-7-19(13-18)25-21(27)14-30-22(28)11-10-20(26)17-9-8-15-4-2-5-16(15)12-17/h3,6-9,12-13H,2,4-5,10-11,14H2,1H3,(H,24,29)(H,25,27). The summed E-state index contributed by atoms with van der Waals surface area (Å²) in [5.74, 6) is -1.52. The molecule has 0 aliphatic heterocycles. The number of amides is 2. The molecule has 0 radical (unpaired) electrons. The summed E-state index contributed by atoms with van der Waals surface area (Å²) in [5.41, 5.74) is 3.93. The zero-order valence-electron chi connectivity index (χ0n) is 16.8. The molecule has 0 fully saturated rings. The van der Waals surface area contributed by atoms with Crippen molar-refractivity contribution in [1.29, 1.82) is 0 Å². The Morgan fingerprint density at radius 3 is 2.53 bits per heavy atom. The molecule has 2 aromatic carbocycles. The van der Waals surface area contributed by atoms with Gasteiger partial charge in [-0.05, 0) is 54.7 Å². The number of hydrogen-bond acceptors (Lipinski definition) is 5. The first-order chi connectivity index (χ1) is 14.5. The molecule has 1 aliphatic carbocycles. The first-order valence-corrected chi connectivity index (χ1v) is 9.89. The van der Waals surface area contributed by atoms with Gasteiger partial charge >= 0.3 is 5.97 Å². The van der Waals surface area contributed by atoms with Gasteiger partial charge in [0.2, 0.25) is 0 Å². The zero-order valence-corrected chi connectivity index (χ0v) is 16.8. The molecule has 0 saturated carbocycles. The van der Waals surface area contributed by atoms with Gasteiger partial charge in [0.15, 0.2) is 12.4 Å². The van der Waals surface area contributed by atoms with E-state index in [-0.39, 0.29) is 24.5 Å². The van der Waals surface area contributed by atoms with Crippen molar-refractivity contribution >= 4 is 29.3 Å². The summed E-state index contributed by atoms with van der Waals surface area (Å²) in [7, 11) is 1.52. The number of carbonyl (C=O) groups excluding carboxylic acids is 4. The number of fused-ring (bicyclic) bond motifs is 1. The van der Waals surface area contributed by atoms with Crippen LogP contribution in [0.2, 0.25) is 0 Å². The number of anilines is 1. The number of rotatable bonds is 8. The van der Waals surface area contributed by atoms with Gasteiger partial charge in [0.1, 0.15) is 0 Å². The minimum absolute atomic E-state index is 0.0351. The van der Waals surface area contributed by atoms with Crippen LogP contribution in [-0.2, 0) is 27.2 Å². The van der Waals surface area contributed by atoms with E-state index in [1.807, 2.05) is 12.1 Å². The SMILES string of the molecule is CNC(=O)c1cccc(NC(=O)COC(=O)CCC(=O)c2ccc3c(c2)CCC3)c1. The Morgan fingerprint density at radius 1 is 0.933 bits per heavy atom. The van der Waals surface area contributed by atoms with Gasteiger partial charge in [-0.1, -0.05) is 18.2 Å². The fourth-order valence-electron chi connectivity index (χ4n) is 3.40. The third kappa shape index (κ3) is 5.53. The van der Waals surface area contributed by atoms with Crippen LogP contribution in [0.25, 0.3) is 0 Å². The van der Waals surface area contributed by atoms with Crippen LogP contribution in [0.5, 0.6) is 0 Å². The monoisotopic (exact) mass is 408 g/mol. The molecule has 2 N–H and O–H groups in total. The van der Waals surface area contributed by atoms with Crippen LogP contribution in [-0.4, -0.2) is 37.2 Å². The number of carbonyl (C=O) groups is 4. The van der Waals surface area contributed by atoms with E-state index in [1.54, 1.807) is 24.3 Å². The van der Waals surface area contributed by atoms with Crippen molar-refractivity contribution < 1.29 is 23.9 Å². The maximum atomic E-state index is 12.3. The van der Waals surface area contributed by atoms with Gasteiger partial charge in [-0.15, -0.1) is 0 Å². The van der Waals surface area contributed by atoms with E-state index in [0.717, 1.165) is 19.3 Å². The van der Waals surface area contributed by atoms with E-state index in [2.05, 4.69) is 10.6 Å². The number of nitrogens with one attached hydrogen (secondary N) is 2. The number of hydrogen-bond donors (Lipinski definition) is 2. The Balaban J connectivity index is 1.42. The third-order valence-electron chi connectivity index (χ3n) is 4.98. The van der Waals surface area contributed by atoms with Crippen LogP contribution >= 0.6 is 0 Å². The molecule has 0 atom stereocenters. The quantitative estimate of drug-likeness (QED) is 0.517. The topological polar surface area (TPSA) is 102 Å². The molecule has 2 aromatic rings. The van der Waals surface area contributed by atoms with Gasteiger partial charge in [-0.2, -0.15) is 0 Å². The molecule has 30 heavy (non-hydrogen) atoms. The molecule has 0 spiro atoms. The number of ether oxygens (including phenoxy) is 1. The Hall–Kier alpha value is -3.48. The van der Waals surface area contributed by atoms with Crippen molar-refractivity contribution in [3.8, 4) is 0 Å². The highest BCUT2D eigenvalue weighted by molar-refractivity contribution is 5.99. The molecular weight excluding hydrogens is 384 g/mol. The zero-order chi connectivity index (χ0) is 21.5. The van der Waals surface area contributed by atoms with Gasteiger partial charge in [-0.3, -0.25) is 19.2 Å². The summed E-state index contributed by atoms with van der Waals surface area (Å²) in [5, 5.41) is 5.07. The second-order valence-electron chi connectivity index (χ2n) is 7.13. The number of ketones is 1. The highest BCUT2D eigenvalue weighted by atomic mass is 16.5. The lowest BCUT2D eigenvalue weighted by Crippen LogP contribution is -2.22. The van der Waals surface area contributed by atoms with Crippen LogP contribution < -0.4 is 10.6 Å². The Bertz CT molecular complexity index is 983. The first kappa shape index (κ1) is 21.2. The van der Waals surface area contributed by atoms with Gasteiger partial charge in [0, 0.05) is 30.3 Å². The van der Waals surface area contributed by atoms with Crippen LogP contribution in [0.1, 0.15) is 51.1 Å². The van der Waals surface area contributed by atoms with Crippen LogP contribution in [0.3, 0.4) is 0 Å². The van der Waals surface area contributed by atoms with Gasteiger partial charge in [-0.25, -0.2) is 0 Å². The predicted octanol–water partition coefficient (Wildman–Crippen LogP) is 2.68. The van der Waals surface area contributed by atoms with Crippen molar-refractivity contribution in [1.82, 2.24) is 5.32 Å². The summed E-state index contributed by atoms with van der Waals surface area (Å²) in [6, 6.07) is 12.1. The Kier molecular flexibility index (Phi) is 6.95. The first-order valence-electron chi connectivity index (χ1n) is 9.89. The Morgan fingerprint density at radius 2 is 1.73 bits per heavy atom. The number of aryl methyl sites for hydroxylation is 2. The van der Waals surface area contributed by atoms with E-state index in [1.165, 1.54) is 24.2 Å². The van der Waals surface area contributed by atoms with E-state index in [0.29, 0.717) is 16.8 Å². The highest BCUT2D eigenvalue weighted by Gasteiger charge is 2.16. The van der Waals surface area contributed by atoms with Crippen molar-refractivity contribution in [2.24, 2.45) is 0 Å². The van der Waals surface area contributed by atoms with E-state index >= 15 is 0 Å². The van der Waals surface area contributed by atoms with E-state index in [4.69, 9.17) is 4.74 Å². The molecule has 0 unspecified atom stereocenters. The maximum Gasteiger partial charge on any atom is 0.306 e. The molecule has 156 valence electrons. The van der Waals surface area contributed by atoms with Gasteiger partial charge < -0.3 is 15.4 Å². The van der Waals surface area contributed by atoms with Crippen molar-refractivity contribution in [3.63, 3.8) is 0 Å². The molecule has 0 heterocycles. The normalized spacial score (nSPS) is 12.0. The Labute approximate surface area is 174 Å². The molecule has 7 nitrogen and oxygen atoms in total. The summed E-state index contributed by atoms with van der Waals surface area (Å²) in [6.45, 7) is -0.462.